The predicted octanol–water partition coefficient (Wildman–Crippen LogP) is 5.62. The number of ketones is 1. The Bertz CT molecular complexity index is 891. The third kappa shape index (κ3) is 4.72. The molecule has 0 radical (unpaired) electrons. The lowest BCUT2D eigenvalue weighted by molar-refractivity contribution is -0.138. The van der Waals surface area contributed by atoms with E-state index in [0.717, 1.165) is 32.1 Å². The predicted molar refractivity (Wildman–Crippen MR) is 114 cm³/mol. The molecule has 0 saturated carbocycles. The number of aryl methyl sites for hydroxylation is 2. The molecule has 0 N–H and O–H groups in total. The van der Waals surface area contributed by atoms with Crippen molar-refractivity contribution in [2.24, 2.45) is 0 Å². The van der Waals surface area contributed by atoms with Gasteiger partial charge in [0.15, 0.2) is 23.0 Å². The molecule has 2 heterocycles. The normalized spacial score (nSPS) is 18.6. The van der Waals surface area contributed by atoms with Crippen LogP contribution in [0, 0.1) is 0 Å². The zero-order valence-corrected chi connectivity index (χ0v) is 17.8. The lowest BCUT2D eigenvalue weighted by Gasteiger charge is -2.12. The molecule has 0 aliphatic carbocycles. The first-order valence-electron chi connectivity index (χ1n) is 11.1. The fourth-order valence-corrected chi connectivity index (χ4v) is 3.79. The van der Waals surface area contributed by atoms with Gasteiger partial charge in [0.25, 0.3) is 0 Å². The van der Waals surface area contributed by atoms with E-state index in [-0.39, 0.29) is 12.2 Å². The Balaban J connectivity index is 1.31. The molecule has 0 bridgehead atoms. The van der Waals surface area contributed by atoms with Gasteiger partial charge in [-0.25, -0.2) is 0 Å². The number of hydrogen-bond donors (Lipinski definition) is 0. The highest BCUT2D eigenvalue weighted by Crippen LogP contribution is 2.39. The smallest absolute Gasteiger partial charge is 0.301 e. The van der Waals surface area contributed by atoms with Crippen molar-refractivity contribution in [3.05, 3.63) is 47.5 Å². The Morgan fingerprint density at radius 3 is 2.00 bits per heavy atom. The third-order valence-corrected chi connectivity index (χ3v) is 5.52. The summed E-state index contributed by atoms with van der Waals surface area (Å²) in [5, 5.41) is 0. The van der Waals surface area contributed by atoms with E-state index < -0.39 is 12.6 Å². The fourth-order valence-electron chi connectivity index (χ4n) is 3.79. The average molecular weight is 411 g/mol. The first-order valence-corrected chi connectivity index (χ1v) is 11.1. The third-order valence-electron chi connectivity index (χ3n) is 5.52. The Morgan fingerprint density at radius 2 is 1.30 bits per heavy atom. The molecule has 0 saturated heterocycles. The maximum atomic E-state index is 12.7. The SMILES string of the molecule is CCCCCc1ccc2c(c1)OC(CC(=O)C1Oc3ccc(CCCC)cc3O1)O2. The zero-order valence-electron chi connectivity index (χ0n) is 17.8. The van der Waals surface area contributed by atoms with Crippen LogP contribution in [0.2, 0.25) is 0 Å². The van der Waals surface area contributed by atoms with Gasteiger partial charge in [-0.05, 0) is 61.1 Å². The molecule has 160 valence electrons. The van der Waals surface area contributed by atoms with Gasteiger partial charge in [0, 0.05) is 0 Å². The maximum absolute atomic E-state index is 12.7. The number of hydrogen-bond acceptors (Lipinski definition) is 5. The van der Waals surface area contributed by atoms with Crippen LogP contribution in [0.1, 0.15) is 63.5 Å². The molecular formula is C25H30O5. The van der Waals surface area contributed by atoms with Crippen LogP contribution in [-0.2, 0) is 17.6 Å². The molecule has 5 heteroatoms. The largest absolute Gasteiger partial charge is 0.451 e. The summed E-state index contributed by atoms with van der Waals surface area (Å²) in [4.78, 5) is 12.7. The van der Waals surface area contributed by atoms with Crippen LogP contribution in [0.15, 0.2) is 36.4 Å². The number of carbonyl (C=O) groups excluding carboxylic acids is 1. The first-order chi connectivity index (χ1) is 14.7. The van der Waals surface area contributed by atoms with Crippen molar-refractivity contribution in [1.82, 2.24) is 0 Å². The van der Waals surface area contributed by atoms with E-state index in [1.807, 2.05) is 30.3 Å². The van der Waals surface area contributed by atoms with E-state index in [2.05, 4.69) is 19.9 Å². The summed E-state index contributed by atoms with van der Waals surface area (Å²) in [6.45, 7) is 4.36. The minimum Gasteiger partial charge on any atom is -0.451 e. The van der Waals surface area contributed by atoms with Crippen LogP contribution in [0.25, 0.3) is 0 Å². The molecule has 4 rings (SSSR count). The van der Waals surface area contributed by atoms with E-state index in [0.29, 0.717) is 23.0 Å². The van der Waals surface area contributed by atoms with E-state index in [4.69, 9.17) is 18.9 Å². The summed E-state index contributed by atoms with van der Waals surface area (Å²) in [6.07, 6.45) is 6.34. The van der Waals surface area contributed by atoms with Crippen molar-refractivity contribution in [2.45, 2.75) is 77.8 Å². The van der Waals surface area contributed by atoms with Crippen molar-refractivity contribution in [3.8, 4) is 23.0 Å². The van der Waals surface area contributed by atoms with Crippen molar-refractivity contribution in [1.29, 1.82) is 0 Å². The van der Waals surface area contributed by atoms with Gasteiger partial charge in [-0.3, -0.25) is 4.79 Å². The van der Waals surface area contributed by atoms with E-state index in [1.54, 1.807) is 0 Å². The van der Waals surface area contributed by atoms with Gasteiger partial charge in [0.2, 0.25) is 12.1 Å². The van der Waals surface area contributed by atoms with Crippen LogP contribution in [0.5, 0.6) is 23.0 Å². The Kier molecular flexibility index (Phi) is 6.46. The van der Waals surface area contributed by atoms with Crippen LogP contribution < -0.4 is 18.9 Å². The lowest BCUT2D eigenvalue weighted by atomic mass is 10.1. The molecule has 0 spiro atoms. The first kappa shape index (κ1) is 20.6. The molecule has 2 unspecified atom stereocenters. The Labute approximate surface area is 178 Å². The quantitative estimate of drug-likeness (QED) is 0.476. The van der Waals surface area contributed by atoms with Gasteiger partial charge in [-0.2, -0.15) is 0 Å². The maximum Gasteiger partial charge on any atom is 0.301 e. The number of unbranched alkanes of at least 4 members (excludes halogenated alkanes) is 3. The van der Waals surface area contributed by atoms with Crippen LogP contribution in [-0.4, -0.2) is 18.4 Å². The van der Waals surface area contributed by atoms with Gasteiger partial charge in [0.1, 0.15) is 0 Å². The summed E-state index contributed by atoms with van der Waals surface area (Å²) < 4.78 is 23.1. The number of Topliss-reactive ketones (excluding diaryl/α,β-unsaturated/α-hetero) is 1. The number of benzene rings is 2. The molecule has 5 nitrogen and oxygen atoms in total. The molecule has 2 aromatic rings. The zero-order chi connectivity index (χ0) is 20.9. The number of rotatable bonds is 10. The van der Waals surface area contributed by atoms with Gasteiger partial charge in [-0.1, -0.05) is 45.2 Å². The van der Waals surface area contributed by atoms with Crippen molar-refractivity contribution < 1.29 is 23.7 Å². The topological polar surface area (TPSA) is 54.0 Å². The summed E-state index contributed by atoms with van der Waals surface area (Å²) in [7, 11) is 0. The fraction of sp³-hybridized carbons (Fsp3) is 0.480. The number of carbonyl (C=O) groups is 1. The van der Waals surface area contributed by atoms with E-state index >= 15 is 0 Å². The summed E-state index contributed by atoms with van der Waals surface area (Å²) in [5.41, 5.74) is 2.43. The molecule has 30 heavy (non-hydrogen) atoms. The molecule has 0 aromatic heterocycles. The molecule has 2 atom stereocenters. The van der Waals surface area contributed by atoms with Gasteiger partial charge < -0.3 is 18.9 Å². The number of ether oxygens (including phenoxy) is 4. The number of fused-ring (bicyclic) bond motifs is 2. The Hall–Kier alpha value is -2.69. The van der Waals surface area contributed by atoms with Crippen molar-refractivity contribution in [2.75, 3.05) is 0 Å². The standard InChI is InChI=1S/C25H30O5/c1-3-5-7-9-18-10-12-20-22(14-18)28-24(27-20)16-19(26)25-29-21-13-11-17(8-6-4-2)15-23(21)30-25/h10-15,24-25H,3-9,16H2,1-2H3. The van der Waals surface area contributed by atoms with Crippen LogP contribution >= 0.6 is 0 Å². The summed E-state index contributed by atoms with van der Waals surface area (Å²) in [5.74, 6) is 2.45. The average Bonchev–Trinajstić information content (AvgIpc) is 3.35. The van der Waals surface area contributed by atoms with Crippen LogP contribution in [0.3, 0.4) is 0 Å². The highest BCUT2D eigenvalue weighted by Gasteiger charge is 2.35. The lowest BCUT2D eigenvalue weighted by Crippen LogP contribution is -2.34. The second-order valence-electron chi connectivity index (χ2n) is 8.03. The van der Waals surface area contributed by atoms with Crippen molar-refractivity contribution in [3.63, 3.8) is 0 Å². The van der Waals surface area contributed by atoms with E-state index in [9.17, 15) is 4.79 Å². The molecule has 2 aromatic carbocycles. The molecule has 0 fully saturated rings. The molecule has 2 aliphatic heterocycles. The molecule has 0 amide bonds. The van der Waals surface area contributed by atoms with Crippen LogP contribution in [0.4, 0.5) is 0 Å². The summed E-state index contributed by atoms with van der Waals surface area (Å²) in [6, 6.07) is 11.9. The minimum atomic E-state index is -0.943. The highest BCUT2D eigenvalue weighted by molar-refractivity contribution is 5.83. The van der Waals surface area contributed by atoms with Gasteiger partial charge in [-0.15, -0.1) is 0 Å². The second kappa shape index (κ2) is 9.41. The molecular weight excluding hydrogens is 380 g/mol. The summed E-state index contributed by atoms with van der Waals surface area (Å²) >= 11 is 0. The molecule has 2 aliphatic rings. The monoisotopic (exact) mass is 410 g/mol. The Morgan fingerprint density at radius 1 is 0.733 bits per heavy atom. The minimum absolute atomic E-state index is 0.0706. The highest BCUT2D eigenvalue weighted by atomic mass is 16.7. The van der Waals surface area contributed by atoms with Gasteiger partial charge >= 0.3 is 6.29 Å². The van der Waals surface area contributed by atoms with Crippen molar-refractivity contribution >= 4 is 5.78 Å². The van der Waals surface area contributed by atoms with E-state index in [1.165, 1.54) is 24.0 Å². The van der Waals surface area contributed by atoms with Gasteiger partial charge in [0.05, 0.1) is 6.42 Å². The second-order valence-corrected chi connectivity index (χ2v) is 8.03.